The average Bonchev–Trinajstić information content (AvgIpc) is 3.07. The number of hydrogen-bond donors (Lipinski definition) is 1. The Labute approximate surface area is 145 Å². The number of hydrogen-bond acceptors (Lipinski definition) is 3. The lowest BCUT2D eigenvalue weighted by molar-refractivity contribution is 0.214. The third-order valence-electron chi connectivity index (χ3n) is 3.71. The summed E-state index contributed by atoms with van der Waals surface area (Å²) < 4.78 is 19.0. The second-order valence-corrected chi connectivity index (χ2v) is 6.52. The van der Waals surface area contributed by atoms with Crippen LogP contribution in [0.5, 0.6) is 5.75 Å². The summed E-state index contributed by atoms with van der Waals surface area (Å²) in [5.74, 6) is 1.17. The Bertz CT molecular complexity index is 726. The number of ether oxygens (including phenoxy) is 1. The van der Waals surface area contributed by atoms with Gasteiger partial charge in [-0.1, -0.05) is 24.3 Å². The number of nitrogens with one attached hydrogen (secondary N) is 1. The van der Waals surface area contributed by atoms with Gasteiger partial charge in [0.1, 0.15) is 16.9 Å². The molecule has 6 heteroatoms. The average molecular weight is 346 g/mol. The minimum atomic E-state index is -0.290. The molecule has 0 aliphatic carbocycles. The molecule has 1 fully saturated rings. The van der Waals surface area contributed by atoms with Crippen molar-refractivity contribution in [1.82, 2.24) is 4.90 Å². The van der Waals surface area contributed by atoms with Crippen molar-refractivity contribution in [3.63, 3.8) is 0 Å². The van der Waals surface area contributed by atoms with Crippen molar-refractivity contribution in [2.75, 3.05) is 24.2 Å². The van der Waals surface area contributed by atoms with Crippen LogP contribution in [0, 0.1) is 5.82 Å². The summed E-state index contributed by atoms with van der Waals surface area (Å²) >= 11 is 1.63. The molecule has 1 aliphatic rings. The summed E-state index contributed by atoms with van der Waals surface area (Å²) in [6, 6.07) is 13.5. The number of halogens is 1. The number of benzene rings is 2. The molecular formula is C18H19FN2O2S. The summed E-state index contributed by atoms with van der Waals surface area (Å²) in [4.78, 5) is 14.4. The molecule has 1 aliphatic heterocycles. The van der Waals surface area contributed by atoms with Crippen LogP contribution in [0.25, 0.3) is 0 Å². The fraction of sp³-hybridized carbons (Fsp3) is 0.278. The number of rotatable bonds is 4. The monoisotopic (exact) mass is 346 g/mol. The zero-order valence-corrected chi connectivity index (χ0v) is 14.2. The van der Waals surface area contributed by atoms with Crippen LogP contribution in [0.4, 0.5) is 14.9 Å². The molecule has 2 aromatic carbocycles. The van der Waals surface area contributed by atoms with E-state index < -0.39 is 0 Å². The molecule has 0 radical (unpaired) electrons. The Balaban J connectivity index is 1.77. The van der Waals surface area contributed by atoms with Crippen molar-refractivity contribution in [3.05, 3.63) is 59.9 Å². The molecule has 1 atom stereocenters. The Morgan fingerprint density at radius 3 is 2.96 bits per heavy atom. The first-order valence-electron chi connectivity index (χ1n) is 7.85. The van der Waals surface area contributed by atoms with Crippen LogP contribution >= 0.6 is 11.8 Å². The Morgan fingerprint density at radius 2 is 2.17 bits per heavy atom. The van der Waals surface area contributed by atoms with Gasteiger partial charge in [0.25, 0.3) is 0 Å². The molecule has 2 amide bonds. The van der Waals surface area contributed by atoms with Gasteiger partial charge in [-0.05, 0) is 36.8 Å². The van der Waals surface area contributed by atoms with E-state index in [2.05, 4.69) is 5.32 Å². The van der Waals surface area contributed by atoms with Gasteiger partial charge in [0.2, 0.25) is 0 Å². The summed E-state index contributed by atoms with van der Waals surface area (Å²) in [6.45, 7) is 3.04. The summed E-state index contributed by atoms with van der Waals surface area (Å²) in [5.41, 5.74) is 1.44. The number of carbonyl (C=O) groups excluding carboxylic acids is 1. The zero-order chi connectivity index (χ0) is 16.9. The highest BCUT2D eigenvalue weighted by atomic mass is 32.2. The van der Waals surface area contributed by atoms with Gasteiger partial charge in [-0.25, -0.2) is 9.18 Å². The predicted molar refractivity (Wildman–Crippen MR) is 94.9 cm³/mol. The lowest BCUT2D eigenvalue weighted by atomic mass is 10.2. The van der Waals surface area contributed by atoms with Gasteiger partial charge in [-0.3, -0.25) is 0 Å². The quantitative estimate of drug-likeness (QED) is 0.886. The van der Waals surface area contributed by atoms with Gasteiger partial charge in [0.15, 0.2) is 0 Å². The molecule has 0 bridgehead atoms. The van der Waals surface area contributed by atoms with Gasteiger partial charge in [0.05, 0.1) is 12.3 Å². The molecule has 1 heterocycles. The highest BCUT2D eigenvalue weighted by molar-refractivity contribution is 7.99. The van der Waals surface area contributed by atoms with Crippen LogP contribution < -0.4 is 10.1 Å². The van der Waals surface area contributed by atoms with E-state index in [1.807, 2.05) is 37.3 Å². The van der Waals surface area contributed by atoms with Gasteiger partial charge < -0.3 is 15.0 Å². The summed E-state index contributed by atoms with van der Waals surface area (Å²) in [6.07, 6.45) is 0. The van der Waals surface area contributed by atoms with Gasteiger partial charge >= 0.3 is 6.03 Å². The second kappa shape index (κ2) is 7.57. The van der Waals surface area contributed by atoms with E-state index in [0.29, 0.717) is 24.6 Å². The molecule has 0 saturated carbocycles. The largest absolute Gasteiger partial charge is 0.492 e. The smallest absolute Gasteiger partial charge is 0.323 e. The summed E-state index contributed by atoms with van der Waals surface area (Å²) in [5, 5.41) is 2.73. The van der Waals surface area contributed by atoms with E-state index >= 15 is 0 Å². The van der Waals surface area contributed by atoms with Crippen LogP contribution in [0.1, 0.15) is 17.9 Å². The minimum absolute atomic E-state index is 0.181. The van der Waals surface area contributed by atoms with Crippen molar-refractivity contribution in [1.29, 1.82) is 0 Å². The topological polar surface area (TPSA) is 41.6 Å². The number of para-hydroxylation sites is 2. The number of amides is 2. The normalized spacial score (nSPS) is 16.9. The molecule has 0 spiro atoms. The highest BCUT2D eigenvalue weighted by Crippen LogP contribution is 2.38. The first kappa shape index (κ1) is 16.6. The van der Waals surface area contributed by atoms with Crippen molar-refractivity contribution < 1.29 is 13.9 Å². The van der Waals surface area contributed by atoms with E-state index in [9.17, 15) is 9.18 Å². The van der Waals surface area contributed by atoms with Crippen LogP contribution in [0.15, 0.2) is 48.5 Å². The van der Waals surface area contributed by atoms with E-state index in [4.69, 9.17) is 4.74 Å². The molecule has 3 rings (SSSR count). The van der Waals surface area contributed by atoms with Crippen molar-refractivity contribution in [3.8, 4) is 5.75 Å². The highest BCUT2D eigenvalue weighted by Gasteiger charge is 2.31. The van der Waals surface area contributed by atoms with E-state index in [-0.39, 0.29) is 17.2 Å². The van der Waals surface area contributed by atoms with Gasteiger partial charge in [0, 0.05) is 12.3 Å². The van der Waals surface area contributed by atoms with E-state index in [0.717, 1.165) is 11.3 Å². The number of carbonyl (C=O) groups is 1. The molecule has 0 aromatic heterocycles. The first-order chi connectivity index (χ1) is 11.7. The van der Waals surface area contributed by atoms with E-state index in [1.165, 1.54) is 12.1 Å². The predicted octanol–water partition coefficient (Wildman–Crippen LogP) is 4.50. The fourth-order valence-corrected chi connectivity index (χ4v) is 3.90. The van der Waals surface area contributed by atoms with Crippen LogP contribution in [-0.4, -0.2) is 29.8 Å². The SMILES string of the molecule is CCOc1ccccc1NC(=O)N1CCSC1c1cccc(F)c1. The molecule has 1 saturated heterocycles. The zero-order valence-electron chi connectivity index (χ0n) is 13.4. The van der Waals surface area contributed by atoms with Gasteiger partial charge in [-0.2, -0.15) is 0 Å². The van der Waals surface area contributed by atoms with E-state index in [1.54, 1.807) is 22.7 Å². The van der Waals surface area contributed by atoms with Crippen molar-refractivity contribution in [2.45, 2.75) is 12.3 Å². The number of thioether (sulfide) groups is 1. The maximum Gasteiger partial charge on any atom is 0.323 e. The van der Waals surface area contributed by atoms with Crippen LogP contribution in [0.3, 0.4) is 0 Å². The van der Waals surface area contributed by atoms with Crippen molar-refractivity contribution in [2.24, 2.45) is 0 Å². The van der Waals surface area contributed by atoms with Crippen LogP contribution in [-0.2, 0) is 0 Å². The third-order valence-corrected chi connectivity index (χ3v) is 4.97. The number of urea groups is 1. The third kappa shape index (κ3) is 3.64. The maximum atomic E-state index is 13.5. The Kier molecular flexibility index (Phi) is 5.25. The molecule has 2 aromatic rings. The molecule has 1 N–H and O–H groups in total. The molecule has 24 heavy (non-hydrogen) atoms. The molecule has 126 valence electrons. The second-order valence-electron chi connectivity index (χ2n) is 5.33. The summed E-state index contributed by atoms with van der Waals surface area (Å²) in [7, 11) is 0. The lowest BCUT2D eigenvalue weighted by Crippen LogP contribution is -2.34. The van der Waals surface area contributed by atoms with Gasteiger partial charge in [-0.15, -0.1) is 11.8 Å². The van der Waals surface area contributed by atoms with Crippen molar-refractivity contribution >= 4 is 23.5 Å². The maximum absolute atomic E-state index is 13.5. The standard InChI is InChI=1S/C18H19FN2O2S/c1-2-23-16-9-4-3-8-15(16)20-18(22)21-10-11-24-17(21)13-6-5-7-14(19)12-13/h3-9,12,17H,2,10-11H2,1H3,(H,20,22). The number of anilines is 1. The fourth-order valence-electron chi connectivity index (χ4n) is 2.65. The minimum Gasteiger partial charge on any atom is -0.492 e. The lowest BCUT2D eigenvalue weighted by Gasteiger charge is -2.25. The number of nitrogens with zero attached hydrogens (tertiary/aromatic N) is 1. The first-order valence-corrected chi connectivity index (χ1v) is 8.90. The molecule has 4 nitrogen and oxygen atoms in total. The Hall–Kier alpha value is -2.21. The molecular weight excluding hydrogens is 327 g/mol. The van der Waals surface area contributed by atoms with Crippen LogP contribution in [0.2, 0.25) is 0 Å². The molecule has 1 unspecified atom stereocenters. The Morgan fingerprint density at radius 1 is 1.33 bits per heavy atom.